The van der Waals surface area contributed by atoms with Crippen LogP contribution in [0.5, 0.6) is 0 Å². The number of benzene rings is 1. The molecule has 88 valence electrons. The van der Waals surface area contributed by atoms with Gasteiger partial charge in [-0.05, 0) is 24.5 Å². The first-order chi connectivity index (χ1) is 8.15. The minimum atomic E-state index is -0.933. The van der Waals surface area contributed by atoms with E-state index >= 15 is 0 Å². The van der Waals surface area contributed by atoms with Crippen LogP contribution in [-0.4, -0.2) is 24.3 Å². The molecule has 3 heteroatoms. The van der Waals surface area contributed by atoms with Crippen molar-refractivity contribution in [1.29, 1.82) is 0 Å². The minimum Gasteiger partial charge on any atom is -0.479 e. The molecule has 0 amide bonds. The van der Waals surface area contributed by atoms with Crippen molar-refractivity contribution in [3.05, 3.63) is 35.4 Å². The number of carboxylic acids is 1. The van der Waals surface area contributed by atoms with Gasteiger partial charge >= 0.3 is 5.97 Å². The highest BCUT2D eigenvalue weighted by Crippen LogP contribution is 2.52. The fourth-order valence-electron chi connectivity index (χ4n) is 2.41. The molecule has 1 unspecified atom stereocenters. The van der Waals surface area contributed by atoms with Crippen molar-refractivity contribution >= 4 is 5.97 Å². The predicted molar refractivity (Wildman–Crippen MR) is 63.7 cm³/mol. The standard InChI is InChI=1S/C14H14O3/c1-3-10-6-4-5-7-11(10)14(8-9-14)12(17-2)13(15)16/h1,4-7,12H,8-9H2,2H3,(H,15,16). The second-order valence-electron chi connectivity index (χ2n) is 4.30. The third-order valence-electron chi connectivity index (χ3n) is 3.37. The number of rotatable bonds is 4. The van der Waals surface area contributed by atoms with E-state index < -0.39 is 17.5 Å². The van der Waals surface area contributed by atoms with E-state index in [9.17, 15) is 9.90 Å². The Bertz CT molecular complexity index is 480. The average molecular weight is 230 g/mol. The molecule has 1 aromatic rings. The van der Waals surface area contributed by atoms with Gasteiger partial charge < -0.3 is 9.84 Å². The van der Waals surface area contributed by atoms with Crippen LogP contribution in [0.15, 0.2) is 24.3 Å². The van der Waals surface area contributed by atoms with Gasteiger partial charge in [0, 0.05) is 18.1 Å². The Hall–Kier alpha value is -1.79. The number of carboxylic acid groups (broad SMARTS) is 1. The lowest BCUT2D eigenvalue weighted by atomic mass is 9.86. The summed E-state index contributed by atoms with van der Waals surface area (Å²) < 4.78 is 5.12. The molecule has 0 heterocycles. The van der Waals surface area contributed by atoms with Crippen LogP contribution in [0, 0.1) is 12.3 Å². The van der Waals surface area contributed by atoms with E-state index in [4.69, 9.17) is 11.2 Å². The molecule has 2 rings (SSSR count). The zero-order chi connectivity index (χ0) is 12.5. The lowest BCUT2D eigenvalue weighted by molar-refractivity contribution is -0.150. The molecular weight excluding hydrogens is 216 g/mol. The maximum atomic E-state index is 11.2. The Morgan fingerprint density at radius 2 is 2.18 bits per heavy atom. The van der Waals surface area contributed by atoms with Crippen LogP contribution in [0.3, 0.4) is 0 Å². The SMILES string of the molecule is C#Cc1ccccc1C1(C(OC)C(=O)O)CC1. The highest BCUT2D eigenvalue weighted by atomic mass is 16.5. The molecule has 3 nitrogen and oxygen atoms in total. The van der Waals surface area contributed by atoms with Gasteiger partial charge in [0.05, 0.1) is 0 Å². The smallest absolute Gasteiger partial charge is 0.333 e. The zero-order valence-electron chi connectivity index (χ0n) is 9.64. The first kappa shape index (κ1) is 11.7. The summed E-state index contributed by atoms with van der Waals surface area (Å²) in [5.41, 5.74) is 1.23. The molecule has 0 radical (unpaired) electrons. The second-order valence-corrected chi connectivity index (χ2v) is 4.30. The Morgan fingerprint density at radius 1 is 1.53 bits per heavy atom. The molecule has 1 aromatic carbocycles. The molecule has 1 N–H and O–H groups in total. The van der Waals surface area contributed by atoms with E-state index in [-0.39, 0.29) is 0 Å². The minimum absolute atomic E-state index is 0.441. The summed E-state index contributed by atoms with van der Waals surface area (Å²) in [6.07, 6.45) is 6.24. The van der Waals surface area contributed by atoms with Gasteiger partial charge in [-0.15, -0.1) is 6.42 Å². The highest BCUT2D eigenvalue weighted by molar-refractivity contribution is 5.76. The van der Waals surface area contributed by atoms with Crippen molar-refractivity contribution in [2.45, 2.75) is 24.4 Å². The highest BCUT2D eigenvalue weighted by Gasteiger charge is 2.55. The van der Waals surface area contributed by atoms with Crippen molar-refractivity contribution in [3.63, 3.8) is 0 Å². The van der Waals surface area contributed by atoms with Crippen LogP contribution in [-0.2, 0) is 14.9 Å². The molecular formula is C14H14O3. The van der Waals surface area contributed by atoms with Gasteiger partial charge in [0.2, 0.25) is 0 Å². The van der Waals surface area contributed by atoms with Gasteiger partial charge in [0.1, 0.15) is 0 Å². The third kappa shape index (κ3) is 1.81. The number of ether oxygens (including phenoxy) is 1. The molecule has 1 aliphatic rings. The Morgan fingerprint density at radius 3 is 2.65 bits per heavy atom. The van der Waals surface area contributed by atoms with Crippen molar-refractivity contribution < 1.29 is 14.6 Å². The van der Waals surface area contributed by atoms with E-state index in [2.05, 4.69) is 5.92 Å². The maximum absolute atomic E-state index is 11.2. The van der Waals surface area contributed by atoms with Crippen molar-refractivity contribution in [3.8, 4) is 12.3 Å². The van der Waals surface area contributed by atoms with Crippen molar-refractivity contribution in [1.82, 2.24) is 0 Å². The summed E-state index contributed by atoms with van der Waals surface area (Å²) in [7, 11) is 1.43. The Balaban J connectivity index is 2.46. The second kappa shape index (κ2) is 4.23. The summed E-state index contributed by atoms with van der Waals surface area (Å²) in [6.45, 7) is 0. The average Bonchev–Trinajstić information content (AvgIpc) is 3.11. The number of hydrogen-bond acceptors (Lipinski definition) is 2. The molecule has 0 aromatic heterocycles. The molecule has 1 fully saturated rings. The topological polar surface area (TPSA) is 46.5 Å². The van der Waals surface area contributed by atoms with E-state index in [1.165, 1.54) is 7.11 Å². The van der Waals surface area contributed by atoms with Crippen molar-refractivity contribution in [2.24, 2.45) is 0 Å². The molecule has 1 atom stereocenters. The van der Waals surface area contributed by atoms with Gasteiger partial charge in [0.25, 0.3) is 0 Å². The number of hydrogen-bond donors (Lipinski definition) is 1. The number of terminal acetylenes is 1. The Labute approximate surface area is 100 Å². The molecule has 0 bridgehead atoms. The first-order valence-electron chi connectivity index (χ1n) is 5.47. The molecule has 0 aliphatic heterocycles. The fourth-order valence-corrected chi connectivity index (χ4v) is 2.41. The summed E-state index contributed by atoms with van der Waals surface area (Å²) in [4.78, 5) is 11.2. The maximum Gasteiger partial charge on any atom is 0.333 e. The number of aliphatic carboxylic acids is 1. The van der Waals surface area contributed by atoms with Gasteiger partial charge in [-0.25, -0.2) is 4.79 Å². The summed E-state index contributed by atoms with van der Waals surface area (Å²) in [6, 6.07) is 7.48. The summed E-state index contributed by atoms with van der Waals surface area (Å²) in [5, 5.41) is 9.20. The monoisotopic (exact) mass is 230 g/mol. The quantitative estimate of drug-likeness (QED) is 0.802. The molecule has 1 saturated carbocycles. The van der Waals surface area contributed by atoms with Crippen LogP contribution in [0.4, 0.5) is 0 Å². The molecule has 0 spiro atoms. The van der Waals surface area contributed by atoms with Gasteiger partial charge in [0.15, 0.2) is 6.10 Å². The molecule has 0 saturated heterocycles. The lowest BCUT2D eigenvalue weighted by Crippen LogP contribution is -2.36. The number of carbonyl (C=O) groups is 1. The van der Waals surface area contributed by atoms with E-state index in [0.717, 1.165) is 24.0 Å². The van der Waals surface area contributed by atoms with Crippen molar-refractivity contribution in [2.75, 3.05) is 7.11 Å². The van der Waals surface area contributed by atoms with E-state index in [1.807, 2.05) is 24.3 Å². The normalized spacial score (nSPS) is 18.1. The summed E-state index contributed by atoms with van der Waals surface area (Å²) >= 11 is 0. The third-order valence-corrected chi connectivity index (χ3v) is 3.37. The van der Waals surface area contributed by atoms with E-state index in [1.54, 1.807) is 0 Å². The van der Waals surface area contributed by atoms with Gasteiger partial charge in [-0.1, -0.05) is 24.1 Å². The van der Waals surface area contributed by atoms with Crippen LogP contribution in [0.1, 0.15) is 24.0 Å². The lowest BCUT2D eigenvalue weighted by Gasteiger charge is -2.23. The predicted octanol–water partition coefficient (Wildman–Crippen LogP) is 1.80. The van der Waals surface area contributed by atoms with Gasteiger partial charge in [-0.3, -0.25) is 0 Å². The number of methoxy groups -OCH3 is 1. The molecule has 1 aliphatic carbocycles. The van der Waals surface area contributed by atoms with Crippen LogP contribution >= 0.6 is 0 Å². The van der Waals surface area contributed by atoms with Crippen LogP contribution in [0.25, 0.3) is 0 Å². The van der Waals surface area contributed by atoms with Crippen LogP contribution < -0.4 is 0 Å². The summed E-state index contributed by atoms with van der Waals surface area (Å²) in [5.74, 6) is 1.68. The first-order valence-corrected chi connectivity index (χ1v) is 5.47. The Kier molecular flexibility index (Phi) is 2.91. The van der Waals surface area contributed by atoms with Gasteiger partial charge in [-0.2, -0.15) is 0 Å². The van der Waals surface area contributed by atoms with Crippen LogP contribution in [0.2, 0.25) is 0 Å². The fraction of sp³-hybridized carbons (Fsp3) is 0.357. The van der Waals surface area contributed by atoms with E-state index in [0.29, 0.717) is 0 Å². The zero-order valence-corrected chi connectivity index (χ0v) is 9.64. The molecule has 17 heavy (non-hydrogen) atoms. The largest absolute Gasteiger partial charge is 0.479 e.